The van der Waals surface area contributed by atoms with Gasteiger partial charge in [-0.1, -0.05) is 32.9 Å². The average Bonchev–Trinajstić information content (AvgIpc) is 2.99. The lowest BCUT2D eigenvalue weighted by Crippen LogP contribution is -2.42. The molecule has 0 aliphatic carbocycles. The summed E-state index contributed by atoms with van der Waals surface area (Å²) in [6.07, 6.45) is 1.58. The van der Waals surface area contributed by atoms with Gasteiger partial charge in [0.15, 0.2) is 11.5 Å². The highest BCUT2D eigenvalue weighted by Gasteiger charge is 2.34. The van der Waals surface area contributed by atoms with Crippen LogP contribution in [0.15, 0.2) is 65.6 Å². The lowest BCUT2D eigenvalue weighted by atomic mass is 9.91. The number of ether oxygens (including phenoxy) is 3. The van der Waals surface area contributed by atoms with Gasteiger partial charge in [-0.3, -0.25) is 4.79 Å². The first-order chi connectivity index (χ1) is 19.3. The molecule has 1 heterocycles. The summed E-state index contributed by atoms with van der Waals surface area (Å²) in [5.74, 6) is 1.75. The molecule has 1 aliphatic rings. The van der Waals surface area contributed by atoms with Crippen molar-refractivity contribution in [2.24, 2.45) is 0 Å². The van der Waals surface area contributed by atoms with E-state index < -0.39 is 10.0 Å². The van der Waals surface area contributed by atoms with E-state index >= 15 is 0 Å². The Morgan fingerprint density at radius 1 is 0.925 bits per heavy atom. The molecule has 1 atom stereocenters. The third-order valence-electron chi connectivity index (χ3n) is 7.45. The number of amides is 1. The van der Waals surface area contributed by atoms with Gasteiger partial charge in [0.05, 0.1) is 25.2 Å². The molecule has 0 fully saturated rings. The summed E-state index contributed by atoms with van der Waals surface area (Å²) >= 11 is 0. The third kappa shape index (κ3) is 5.95. The van der Waals surface area contributed by atoms with E-state index in [0.717, 1.165) is 23.3 Å². The first-order valence-electron chi connectivity index (χ1n) is 13.6. The van der Waals surface area contributed by atoms with Crippen LogP contribution in [0.25, 0.3) is 0 Å². The average molecular weight is 567 g/mol. The van der Waals surface area contributed by atoms with Crippen LogP contribution in [0.1, 0.15) is 53.9 Å². The van der Waals surface area contributed by atoms with Crippen molar-refractivity contribution in [3.05, 3.63) is 82.9 Å². The molecule has 0 spiro atoms. The quantitative estimate of drug-likeness (QED) is 0.321. The van der Waals surface area contributed by atoms with Crippen LogP contribution in [0.4, 0.5) is 0 Å². The minimum Gasteiger partial charge on any atom is -0.493 e. The number of carbonyl (C=O) groups excluding carboxylic acids is 1. The largest absolute Gasteiger partial charge is 0.493 e. The molecule has 0 N–H and O–H groups in total. The monoisotopic (exact) mass is 566 g/mol. The van der Waals surface area contributed by atoms with Gasteiger partial charge in [-0.2, -0.15) is 4.31 Å². The first kappa shape index (κ1) is 29.4. The highest BCUT2D eigenvalue weighted by molar-refractivity contribution is 7.89. The fraction of sp³-hybridized carbons (Fsp3) is 0.387. The van der Waals surface area contributed by atoms with E-state index in [0.29, 0.717) is 43.1 Å². The van der Waals surface area contributed by atoms with E-state index in [4.69, 9.17) is 14.2 Å². The number of carbonyl (C=O) groups is 1. The maximum Gasteiger partial charge on any atom is 0.254 e. The molecule has 0 radical (unpaired) electrons. The van der Waals surface area contributed by atoms with Crippen molar-refractivity contribution in [1.29, 1.82) is 0 Å². The van der Waals surface area contributed by atoms with Gasteiger partial charge in [0.25, 0.3) is 5.91 Å². The minimum absolute atomic E-state index is 0.170. The molecule has 3 aromatic rings. The number of benzene rings is 3. The standard InChI is InChI=1S/C31H38N2O6S/c1-6-22-9-13-25(14-10-22)39-21-28-27-20-30(38-5)29(37-4)19-24(27)17-18-33(28)31(34)23-11-15-26(16-12-23)40(35,36)32(7-2)8-3/h9-16,19-20,28H,6-8,17-18,21H2,1-5H3/t28-/m0/s1. The Balaban J connectivity index is 1.66. The number of aryl methyl sites for hydroxylation is 1. The molecule has 40 heavy (non-hydrogen) atoms. The molecular formula is C31H38N2O6S. The van der Waals surface area contributed by atoms with Crippen molar-refractivity contribution >= 4 is 15.9 Å². The Hall–Kier alpha value is -3.56. The Morgan fingerprint density at radius 2 is 1.55 bits per heavy atom. The molecule has 0 unspecified atom stereocenters. The Labute approximate surface area is 237 Å². The van der Waals surface area contributed by atoms with Crippen LogP contribution in [-0.2, 0) is 22.9 Å². The van der Waals surface area contributed by atoms with Crippen molar-refractivity contribution in [2.75, 3.05) is 40.5 Å². The number of methoxy groups -OCH3 is 2. The Bertz CT molecular complexity index is 1420. The van der Waals surface area contributed by atoms with Crippen molar-refractivity contribution in [1.82, 2.24) is 9.21 Å². The van der Waals surface area contributed by atoms with Gasteiger partial charge in [-0.15, -0.1) is 0 Å². The second-order valence-corrected chi connectivity index (χ2v) is 11.5. The molecule has 214 valence electrons. The number of rotatable bonds is 11. The number of nitrogens with zero attached hydrogens (tertiary/aromatic N) is 2. The predicted molar refractivity (Wildman–Crippen MR) is 155 cm³/mol. The first-order valence-corrected chi connectivity index (χ1v) is 15.1. The van der Waals surface area contributed by atoms with Crippen molar-refractivity contribution in [2.45, 2.75) is 44.6 Å². The summed E-state index contributed by atoms with van der Waals surface area (Å²) in [6, 6.07) is 17.6. The molecule has 3 aromatic carbocycles. The maximum absolute atomic E-state index is 13.9. The van der Waals surface area contributed by atoms with E-state index in [2.05, 4.69) is 6.92 Å². The zero-order valence-corrected chi connectivity index (χ0v) is 24.7. The Kier molecular flexibility index (Phi) is 9.37. The summed E-state index contributed by atoms with van der Waals surface area (Å²) in [4.78, 5) is 15.8. The number of fused-ring (bicyclic) bond motifs is 1. The van der Waals surface area contributed by atoms with Crippen LogP contribution < -0.4 is 14.2 Å². The molecule has 1 aliphatic heterocycles. The summed E-state index contributed by atoms with van der Waals surface area (Å²) < 4.78 is 44.6. The maximum atomic E-state index is 13.9. The van der Waals surface area contributed by atoms with Gasteiger partial charge in [-0.25, -0.2) is 8.42 Å². The molecule has 9 heteroatoms. The zero-order chi connectivity index (χ0) is 28.9. The fourth-order valence-corrected chi connectivity index (χ4v) is 6.55. The predicted octanol–water partition coefficient (Wildman–Crippen LogP) is 5.12. The van der Waals surface area contributed by atoms with Crippen molar-refractivity contribution in [3.63, 3.8) is 0 Å². The smallest absolute Gasteiger partial charge is 0.254 e. The van der Waals surface area contributed by atoms with E-state index in [1.165, 1.54) is 22.0 Å². The molecule has 1 amide bonds. The second-order valence-electron chi connectivity index (χ2n) is 9.59. The van der Waals surface area contributed by atoms with Crippen LogP contribution in [0, 0.1) is 0 Å². The second kappa shape index (κ2) is 12.7. The molecule has 0 saturated carbocycles. The minimum atomic E-state index is -3.62. The van der Waals surface area contributed by atoms with E-state index in [1.54, 1.807) is 45.1 Å². The van der Waals surface area contributed by atoms with Crippen LogP contribution in [0.3, 0.4) is 0 Å². The van der Waals surface area contributed by atoms with Crippen LogP contribution in [-0.4, -0.2) is 64.0 Å². The number of hydrogen-bond acceptors (Lipinski definition) is 6. The van der Waals surface area contributed by atoms with Crippen molar-refractivity contribution in [3.8, 4) is 17.2 Å². The van der Waals surface area contributed by atoms with E-state index in [1.807, 2.05) is 36.4 Å². The third-order valence-corrected chi connectivity index (χ3v) is 9.51. The molecular weight excluding hydrogens is 528 g/mol. The normalized spacial score (nSPS) is 15.1. The van der Waals surface area contributed by atoms with Crippen LogP contribution in [0.2, 0.25) is 0 Å². The summed E-state index contributed by atoms with van der Waals surface area (Å²) in [6.45, 7) is 7.19. The summed E-state index contributed by atoms with van der Waals surface area (Å²) in [7, 11) is -0.423. The van der Waals surface area contributed by atoms with E-state index in [9.17, 15) is 13.2 Å². The molecule has 0 bridgehead atoms. The Morgan fingerprint density at radius 3 is 2.12 bits per heavy atom. The highest BCUT2D eigenvalue weighted by atomic mass is 32.2. The highest BCUT2D eigenvalue weighted by Crippen LogP contribution is 2.39. The van der Waals surface area contributed by atoms with Crippen LogP contribution in [0.5, 0.6) is 17.2 Å². The van der Waals surface area contributed by atoms with E-state index in [-0.39, 0.29) is 23.5 Å². The topological polar surface area (TPSA) is 85.4 Å². The molecule has 8 nitrogen and oxygen atoms in total. The molecule has 0 aromatic heterocycles. The van der Waals surface area contributed by atoms with Gasteiger partial charge in [0.2, 0.25) is 10.0 Å². The zero-order valence-electron chi connectivity index (χ0n) is 23.8. The fourth-order valence-electron chi connectivity index (χ4n) is 5.10. The van der Waals surface area contributed by atoms with Crippen molar-refractivity contribution < 1.29 is 27.4 Å². The lowest BCUT2D eigenvalue weighted by Gasteiger charge is -2.37. The SMILES string of the molecule is CCc1ccc(OC[C@H]2c3cc(OC)c(OC)cc3CCN2C(=O)c2ccc(S(=O)(=O)N(CC)CC)cc2)cc1. The van der Waals surface area contributed by atoms with Gasteiger partial charge in [-0.05, 0) is 78.1 Å². The molecule has 0 saturated heterocycles. The summed E-state index contributed by atoms with van der Waals surface area (Å²) in [5.41, 5.74) is 3.63. The van der Waals surface area contributed by atoms with Gasteiger partial charge in [0, 0.05) is 25.2 Å². The lowest BCUT2D eigenvalue weighted by molar-refractivity contribution is 0.0589. The van der Waals surface area contributed by atoms with Crippen LogP contribution >= 0.6 is 0 Å². The summed E-state index contributed by atoms with van der Waals surface area (Å²) in [5, 5.41) is 0. The van der Waals surface area contributed by atoms with Gasteiger partial charge in [0.1, 0.15) is 12.4 Å². The number of sulfonamides is 1. The molecule has 4 rings (SSSR count). The van der Waals surface area contributed by atoms with Gasteiger partial charge < -0.3 is 19.1 Å². The number of hydrogen-bond donors (Lipinski definition) is 0. The van der Waals surface area contributed by atoms with Gasteiger partial charge >= 0.3 is 0 Å².